The summed E-state index contributed by atoms with van der Waals surface area (Å²) in [4.78, 5) is 0. The second-order valence-corrected chi connectivity index (χ2v) is 4.08. The van der Waals surface area contributed by atoms with Crippen molar-refractivity contribution in [2.45, 2.75) is 18.4 Å². The standard InChI is InChI=1S/C13H12O/c14-13-8-4-3-7-12(13)11-6-2-1-5-10(11)9-13/h1-7,14H,8-9H2. The summed E-state index contributed by atoms with van der Waals surface area (Å²) in [7, 11) is 0. The van der Waals surface area contributed by atoms with Crippen molar-refractivity contribution in [2.75, 3.05) is 0 Å². The first-order chi connectivity index (χ1) is 6.80. The molecule has 0 aromatic heterocycles. The van der Waals surface area contributed by atoms with Gasteiger partial charge in [0.15, 0.2) is 0 Å². The average Bonchev–Trinajstić information content (AvgIpc) is 2.49. The van der Waals surface area contributed by atoms with E-state index in [-0.39, 0.29) is 0 Å². The zero-order chi connectivity index (χ0) is 9.60. The fourth-order valence-corrected chi connectivity index (χ4v) is 2.45. The van der Waals surface area contributed by atoms with Crippen molar-refractivity contribution in [3.05, 3.63) is 53.6 Å². The Labute approximate surface area is 83.4 Å². The number of fused-ring (bicyclic) bond motifs is 3. The third-order valence-electron chi connectivity index (χ3n) is 3.15. The minimum absolute atomic E-state index is 0.627. The Kier molecular flexibility index (Phi) is 1.48. The Bertz CT molecular complexity index is 442. The van der Waals surface area contributed by atoms with Gasteiger partial charge in [0.25, 0.3) is 0 Å². The van der Waals surface area contributed by atoms with Crippen molar-refractivity contribution in [3.63, 3.8) is 0 Å². The summed E-state index contributed by atoms with van der Waals surface area (Å²) in [5.41, 5.74) is 2.96. The van der Waals surface area contributed by atoms with Crippen LogP contribution in [0.2, 0.25) is 0 Å². The van der Waals surface area contributed by atoms with E-state index in [1.165, 1.54) is 11.1 Å². The molecule has 1 unspecified atom stereocenters. The lowest BCUT2D eigenvalue weighted by atomic mass is 9.87. The second-order valence-electron chi connectivity index (χ2n) is 4.08. The maximum atomic E-state index is 10.4. The molecule has 0 fully saturated rings. The summed E-state index contributed by atoms with van der Waals surface area (Å²) in [6, 6.07) is 8.27. The Balaban J connectivity index is 2.22. The van der Waals surface area contributed by atoms with Gasteiger partial charge in [-0.15, -0.1) is 0 Å². The van der Waals surface area contributed by atoms with Crippen LogP contribution in [0.5, 0.6) is 0 Å². The van der Waals surface area contributed by atoms with E-state index in [4.69, 9.17) is 0 Å². The number of hydrogen-bond acceptors (Lipinski definition) is 1. The highest BCUT2D eigenvalue weighted by atomic mass is 16.3. The van der Waals surface area contributed by atoms with E-state index in [2.05, 4.69) is 12.1 Å². The van der Waals surface area contributed by atoms with Crippen LogP contribution in [0.1, 0.15) is 17.5 Å². The first kappa shape index (κ1) is 8.01. The van der Waals surface area contributed by atoms with Crippen LogP contribution in [0, 0.1) is 0 Å². The fraction of sp³-hybridized carbons (Fsp3) is 0.231. The molecule has 0 aliphatic heterocycles. The summed E-state index contributed by atoms with van der Waals surface area (Å²) in [6.45, 7) is 0. The number of aliphatic hydroxyl groups is 1. The Morgan fingerprint density at radius 1 is 1.21 bits per heavy atom. The molecule has 1 heteroatoms. The van der Waals surface area contributed by atoms with E-state index in [9.17, 15) is 5.11 Å². The minimum atomic E-state index is -0.627. The van der Waals surface area contributed by atoms with Gasteiger partial charge in [0.1, 0.15) is 0 Å². The molecule has 2 aliphatic rings. The Hall–Kier alpha value is -1.34. The molecular weight excluding hydrogens is 172 g/mol. The molecule has 14 heavy (non-hydrogen) atoms. The number of hydrogen-bond donors (Lipinski definition) is 1. The van der Waals surface area contributed by atoms with Crippen molar-refractivity contribution in [3.8, 4) is 0 Å². The van der Waals surface area contributed by atoms with Gasteiger partial charge in [-0.3, -0.25) is 0 Å². The largest absolute Gasteiger partial charge is 0.384 e. The number of allylic oxidation sites excluding steroid dienone is 2. The van der Waals surface area contributed by atoms with Gasteiger partial charge in [-0.25, -0.2) is 0 Å². The molecule has 0 amide bonds. The molecule has 1 atom stereocenters. The highest BCUT2D eigenvalue weighted by Gasteiger charge is 2.39. The molecule has 0 spiro atoms. The normalized spacial score (nSPS) is 28.2. The fourth-order valence-electron chi connectivity index (χ4n) is 2.45. The average molecular weight is 184 g/mol. The van der Waals surface area contributed by atoms with Crippen LogP contribution >= 0.6 is 0 Å². The van der Waals surface area contributed by atoms with Crippen LogP contribution in [0.4, 0.5) is 0 Å². The lowest BCUT2D eigenvalue weighted by Crippen LogP contribution is -2.28. The van der Waals surface area contributed by atoms with Crippen LogP contribution in [0.3, 0.4) is 0 Å². The number of benzene rings is 1. The molecule has 2 aliphatic carbocycles. The summed E-state index contributed by atoms with van der Waals surface area (Å²) in [6.07, 6.45) is 7.61. The summed E-state index contributed by atoms with van der Waals surface area (Å²) < 4.78 is 0. The van der Waals surface area contributed by atoms with Crippen LogP contribution < -0.4 is 0 Å². The molecule has 0 bridgehead atoms. The van der Waals surface area contributed by atoms with E-state index in [1.807, 2.05) is 30.4 Å². The molecule has 1 aromatic carbocycles. The summed E-state index contributed by atoms with van der Waals surface area (Å²) in [5, 5.41) is 10.4. The van der Waals surface area contributed by atoms with Gasteiger partial charge < -0.3 is 5.11 Å². The van der Waals surface area contributed by atoms with E-state index < -0.39 is 5.60 Å². The van der Waals surface area contributed by atoms with Gasteiger partial charge in [-0.05, 0) is 23.1 Å². The van der Waals surface area contributed by atoms with Crippen molar-refractivity contribution >= 4 is 5.57 Å². The Morgan fingerprint density at radius 2 is 2.07 bits per heavy atom. The number of rotatable bonds is 0. The predicted molar refractivity (Wildman–Crippen MR) is 56.8 cm³/mol. The second kappa shape index (κ2) is 2.58. The maximum Gasteiger partial charge on any atom is 0.0977 e. The van der Waals surface area contributed by atoms with E-state index in [0.717, 1.165) is 18.4 Å². The zero-order valence-corrected chi connectivity index (χ0v) is 7.90. The lowest BCUT2D eigenvalue weighted by molar-refractivity contribution is 0.111. The van der Waals surface area contributed by atoms with Gasteiger partial charge in [-0.1, -0.05) is 42.5 Å². The summed E-state index contributed by atoms with van der Waals surface area (Å²) in [5.74, 6) is 0. The quantitative estimate of drug-likeness (QED) is 0.656. The molecular formula is C13H12O. The molecule has 1 aromatic rings. The molecule has 0 saturated heterocycles. The van der Waals surface area contributed by atoms with E-state index in [0.29, 0.717) is 0 Å². The van der Waals surface area contributed by atoms with Crippen molar-refractivity contribution < 1.29 is 5.11 Å². The highest BCUT2D eigenvalue weighted by molar-refractivity contribution is 5.81. The van der Waals surface area contributed by atoms with Gasteiger partial charge in [0, 0.05) is 6.42 Å². The summed E-state index contributed by atoms with van der Waals surface area (Å²) >= 11 is 0. The van der Waals surface area contributed by atoms with Gasteiger partial charge in [-0.2, -0.15) is 0 Å². The third-order valence-corrected chi connectivity index (χ3v) is 3.15. The van der Waals surface area contributed by atoms with E-state index in [1.54, 1.807) is 0 Å². The smallest absolute Gasteiger partial charge is 0.0977 e. The minimum Gasteiger partial charge on any atom is -0.384 e. The third kappa shape index (κ3) is 0.933. The zero-order valence-electron chi connectivity index (χ0n) is 7.90. The molecule has 3 rings (SSSR count). The molecule has 0 heterocycles. The first-order valence-corrected chi connectivity index (χ1v) is 4.98. The molecule has 0 radical (unpaired) electrons. The first-order valence-electron chi connectivity index (χ1n) is 4.98. The van der Waals surface area contributed by atoms with Crippen molar-refractivity contribution in [2.24, 2.45) is 0 Å². The van der Waals surface area contributed by atoms with Gasteiger partial charge >= 0.3 is 0 Å². The monoisotopic (exact) mass is 184 g/mol. The highest BCUT2D eigenvalue weighted by Crippen LogP contribution is 2.43. The predicted octanol–water partition coefficient (Wildman–Crippen LogP) is 2.32. The maximum absolute atomic E-state index is 10.4. The van der Waals surface area contributed by atoms with Crippen LogP contribution in [0.15, 0.2) is 42.5 Å². The van der Waals surface area contributed by atoms with E-state index >= 15 is 0 Å². The van der Waals surface area contributed by atoms with Crippen LogP contribution in [-0.4, -0.2) is 10.7 Å². The molecule has 70 valence electrons. The topological polar surface area (TPSA) is 20.2 Å². The molecule has 0 saturated carbocycles. The van der Waals surface area contributed by atoms with Crippen LogP contribution in [0.25, 0.3) is 5.57 Å². The SMILES string of the molecule is OC12CC=CC=C1c1ccccc1C2. The van der Waals surface area contributed by atoms with Gasteiger partial charge in [0.05, 0.1) is 5.60 Å². The lowest BCUT2D eigenvalue weighted by Gasteiger charge is -2.25. The van der Waals surface area contributed by atoms with Crippen LogP contribution in [-0.2, 0) is 6.42 Å². The van der Waals surface area contributed by atoms with Crippen molar-refractivity contribution in [1.82, 2.24) is 0 Å². The molecule has 1 N–H and O–H groups in total. The Morgan fingerprint density at radius 3 is 3.00 bits per heavy atom. The van der Waals surface area contributed by atoms with Gasteiger partial charge in [0.2, 0.25) is 0 Å². The van der Waals surface area contributed by atoms with Crippen molar-refractivity contribution in [1.29, 1.82) is 0 Å². The molecule has 1 nitrogen and oxygen atoms in total.